The molecule has 0 radical (unpaired) electrons. The van der Waals surface area contributed by atoms with Crippen molar-refractivity contribution in [1.82, 2.24) is 15.2 Å². The molecule has 3 aromatic carbocycles. The number of carbonyl (C=O) groups excluding carboxylic acids is 3. The summed E-state index contributed by atoms with van der Waals surface area (Å²) in [5.74, 6) is -1.63. The number of rotatable bonds is 6. The minimum Gasteiger partial charge on any atom is -0.349 e. The molecule has 0 spiro atoms. The molecule has 0 aromatic heterocycles. The maximum atomic E-state index is 13.9. The van der Waals surface area contributed by atoms with Gasteiger partial charge in [0.1, 0.15) is 6.54 Å². The minimum absolute atomic E-state index is 0.181. The predicted octanol–water partition coefficient (Wildman–Crippen LogP) is 4.55. The van der Waals surface area contributed by atoms with Crippen molar-refractivity contribution in [2.75, 3.05) is 18.6 Å². The average molecular weight is 539 g/mol. The summed E-state index contributed by atoms with van der Waals surface area (Å²) in [6.45, 7) is 1.32. The fourth-order valence-electron chi connectivity index (χ4n) is 4.80. The first-order valence-electron chi connectivity index (χ1n) is 11.6. The molecule has 2 unspecified atom stereocenters. The first-order valence-corrected chi connectivity index (χ1v) is 12.4. The third kappa shape index (κ3) is 4.36. The van der Waals surface area contributed by atoms with Crippen molar-refractivity contribution >= 4 is 46.6 Å². The van der Waals surface area contributed by atoms with E-state index in [2.05, 4.69) is 5.43 Å². The lowest BCUT2D eigenvalue weighted by Gasteiger charge is -2.52. The van der Waals surface area contributed by atoms with E-state index in [1.54, 1.807) is 61.4 Å². The number of nitrogens with one attached hydrogen (secondary N) is 1. The van der Waals surface area contributed by atoms with Crippen LogP contribution < -0.4 is 10.4 Å². The second-order valence-corrected chi connectivity index (χ2v) is 9.97. The number of nitrogens with zero attached hydrogens (tertiary/aromatic N) is 3. The molecule has 3 amide bonds. The molecule has 37 heavy (non-hydrogen) atoms. The first-order chi connectivity index (χ1) is 17.7. The lowest BCUT2D eigenvalue weighted by Crippen LogP contribution is -2.66. The van der Waals surface area contributed by atoms with Crippen LogP contribution in [-0.2, 0) is 16.1 Å². The molecule has 2 aliphatic heterocycles. The summed E-state index contributed by atoms with van der Waals surface area (Å²) < 4.78 is 6.31. The summed E-state index contributed by atoms with van der Waals surface area (Å²) in [4.78, 5) is 42.1. The average Bonchev–Trinajstić information content (AvgIpc) is 3.12. The number of halogens is 2. The van der Waals surface area contributed by atoms with Crippen LogP contribution in [0.3, 0.4) is 0 Å². The van der Waals surface area contributed by atoms with Crippen LogP contribution in [0.2, 0.25) is 5.02 Å². The van der Waals surface area contributed by atoms with Gasteiger partial charge in [-0.1, -0.05) is 65.7 Å². The van der Waals surface area contributed by atoms with Crippen LogP contribution in [0.5, 0.6) is 0 Å². The summed E-state index contributed by atoms with van der Waals surface area (Å²) >= 11 is 13.4. The summed E-state index contributed by atoms with van der Waals surface area (Å²) in [7, 11) is 1.68. The minimum atomic E-state index is -1.47. The zero-order valence-electron chi connectivity index (χ0n) is 20.2. The third-order valence-corrected chi connectivity index (χ3v) is 7.08. The standard InChI is InChI=1S/C27H24Cl2N4O4/c1-27(29)32(23(34)15-31-24(35)19-10-6-7-11-20(19)25(31)36)26(37-16-17-8-4-3-5-9-17)21-14-18(28)12-13-22(21)33(27)30-2/h3-14,26,30H,15-16H2,1-2H3. The number of amides is 3. The molecule has 8 nitrogen and oxygen atoms in total. The van der Waals surface area contributed by atoms with Gasteiger partial charge in [-0.15, -0.1) is 0 Å². The Labute approximate surface area is 224 Å². The number of hydrogen-bond acceptors (Lipinski definition) is 6. The van der Waals surface area contributed by atoms with Crippen LogP contribution in [0.1, 0.15) is 45.0 Å². The number of imide groups is 1. The monoisotopic (exact) mass is 538 g/mol. The van der Waals surface area contributed by atoms with Gasteiger partial charge in [0.15, 0.2) is 6.23 Å². The summed E-state index contributed by atoms with van der Waals surface area (Å²) in [6.07, 6.45) is -0.955. The van der Waals surface area contributed by atoms with Crippen molar-refractivity contribution in [2.45, 2.75) is 24.9 Å². The van der Waals surface area contributed by atoms with Crippen LogP contribution in [0.25, 0.3) is 0 Å². The molecule has 0 bridgehead atoms. The Morgan fingerprint density at radius 1 is 1.00 bits per heavy atom. The molecule has 2 aliphatic rings. The summed E-state index contributed by atoms with van der Waals surface area (Å²) in [6, 6.07) is 21.2. The lowest BCUT2D eigenvalue weighted by atomic mass is 10.0. The maximum Gasteiger partial charge on any atom is 0.262 e. The highest BCUT2D eigenvalue weighted by Crippen LogP contribution is 2.46. The normalized spacial score (nSPS) is 20.8. The van der Waals surface area contributed by atoms with Crippen molar-refractivity contribution < 1.29 is 19.1 Å². The van der Waals surface area contributed by atoms with Crippen molar-refractivity contribution in [3.05, 3.63) is 100 Å². The second-order valence-electron chi connectivity index (χ2n) is 8.82. The number of hydrazine groups is 1. The Morgan fingerprint density at radius 2 is 1.62 bits per heavy atom. The van der Waals surface area contributed by atoms with Gasteiger partial charge in [0.25, 0.3) is 11.8 Å². The number of carbonyl (C=O) groups is 3. The Bertz CT molecular complexity index is 1350. The Balaban J connectivity index is 1.53. The summed E-state index contributed by atoms with van der Waals surface area (Å²) in [5, 5.41) is 0.601. The number of fused-ring (bicyclic) bond motifs is 2. The van der Waals surface area contributed by atoms with Gasteiger partial charge < -0.3 is 4.74 Å². The molecule has 0 saturated heterocycles. The van der Waals surface area contributed by atoms with E-state index in [0.717, 1.165) is 10.5 Å². The molecular weight excluding hydrogens is 515 g/mol. The van der Waals surface area contributed by atoms with Crippen molar-refractivity contribution in [3.8, 4) is 0 Å². The first kappa shape index (κ1) is 25.2. The summed E-state index contributed by atoms with van der Waals surface area (Å²) in [5.41, 5.74) is 5.73. The highest BCUT2D eigenvalue weighted by atomic mass is 35.5. The van der Waals surface area contributed by atoms with Crippen LogP contribution in [0.4, 0.5) is 5.69 Å². The Kier molecular flexibility index (Phi) is 6.68. The zero-order chi connectivity index (χ0) is 26.3. The molecule has 2 heterocycles. The van der Waals surface area contributed by atoms with Gasteiger partial charge in [0.05, 0.1) is 23.4 Å². The molecule has 2 atom stereocenters. The number of hydrogen-bond donors (Lipinski definition) is 1. The molecule has 3 aromatic rings. The Morgan fingerprint density at radius 3 is 2.24 bits per heavy atom. The van der Waals surface area contributed by atoms with Gasteiger partial charge in [-0.05, 0) is 42.8 Å². The number of ether oxygens (including phenoxy) is 1. The fraction of sp³-hybridized carbons (Fsp3) is 0.222. The highest BCUT2D eigenvalue weighted by molar-refractivity contribution is 6.31. The van der Waals surface area contributed by atoms with Gasteiger partial charge in [-0.25, -0.2) is 5.43 Å². The predicted molar refractivity (Wildman–Crippen MR) is 140 cm³/mol. The van der Waals surface area contributed by atoms with E-state index in [4.69, 9.17) is 27.9 Å². The molecular formula is C27H24Cl2N4O4. The van der Waals surface area contributed by atoms with E-state index in [0.29, 0.717) is 16.3 Å². The number of anilines is 1. The van der Waals surface area contributed by atoms with Gasteiger partial charge in [-0.2, -0.15) is 0 Å². The number of alkyl halides is 1. The van der Waals surface area contributed by atoms with E-state index in [-0.39, 0.29) is 17.7 Å². The number of benzene rings is 3. The third-order valence-electron chi connectivity index (χ3n) is 6.49. The van der Waals surface area contributed by atoms with E-state index >= 15 is 0 Å². The van der Waals surface area contributed by atoms with Gasteiger partial charge >= 0.3 is 0 Å². The van der Waals surface area contributed by atoms with Gasteiger partial charge in [0, 0.05) is 17.6 Å². The topological polar surface area (TPSA) is 82.2 Å². The van der Waals surface area contributed by atoms with Crippen molar-refractivity contribution in [3.63, 3.8) is 0 Å². The van der Waals surface area contributed by atoms with Gasteiger partial charge in [0.2, 0.25) is 11.0 Å². The largest absolute Gasteiger partial charge is 0.349 e. The quantitative estimate of drug-likeness (QED) is 0.281. The lowest BCUT2D eigenvalue weighted by molar-refractivity contribution is -0.160. The van der Waals surface area contributed by atoms with Crippen LogP contribution in [0, 0.1) is 0 Å². The molecule has 0 aliphatic carbocycles. The molecule has 0 fully saturated rings. The van der Waals surface area contributed by atoms with Crippen molar-refractivity contribution in [2.24, 2.45) is 0 Å². The van der Waals surface area contributed by atoms with Crippen LogP contribution in [-0.4, -0.2) is 46.2 Å². The van der Waals surface area contributed by atoms with E-state index in [1.165, 1.54) is 4.90 Å². The smallest absolute Gasteiger partial charge is 0.262 e. The molecule has 10 heteroatoms. The van der Waals surface area contributed by atoms with Crippen LogP contribution in [0.15, 0.2) is 72.8 Å². The highest BCUT2D eigenvalue weighted by Gasteiger charge is 2.51. The fourth-order valence-corrected chi connectivity index (χ4v) is 5.34. The van der Waals surface area contributed by atoms with E-state index in [9.17, 15) is 14.4 Å². The van der Waals surface area contributed by atoms with Crippen LogP contribution >= 0.6 is 23.2 Å². The van der Waals surface area contributed by atoms with Gasteiger partial charge in [-0.3, -0.25) is 29.2 Å². The second kappa shape index (κ2) is 9.79. The molecule has 190 valence electrons. The molecule has 5 rings (SSSR count). The van der Waals surface area contributed by atoms with E-state index in [1.807, 2.05) is 30.3 Å². The molecule has 0 saturated carbocycles. The van der Waals surface area contributed by atoms with Crippen molar-refractivity contribution in [1.29, 1.82) is 0 Å². The zero-order valence-corrected chi connectivity index (χ0v) is 21.7. The Hall–Kier alpha value is -3.43. The van der Waals surface area contributed by atoms with E-state index < -0.39 is 35.6 Å². The maximum absolute atomic E-state index is 13.9. The SMILES string of the molecule is CNN1c2ccc(Cl)cc2C(OCc2ccccc2)N(C(=O)CN2C(=O)c3ccccc3C2=O)C1(C)Cl. The molecule has 1 N–H and O–H groups in total.